The molecule has 0 spiro atoms. The Morgan fingerprint density at radius 2 is 1.95 bits per heavy atom. The molecular weight excluding hydrogens is 244 g/mol. The lowest BCUT2D eigenvalue weighted by atomic mass is 10.0. The molecule has 0 aromatic heterocycles. The van der Waals surface area contributed by atoms with Gasteiger partial charge in [0.25, 0.3) is 5.69 Å². The van der Waals surface area contributed by atoms with Crippen molar-refractivity contribution in [1.29, 1.82) is 0 Å². The molecule has 2 rings (SSSR count). The molecule has 5 nitrogen and oxygen atoms in total. The van der Waals surface area contributed by atoms with Crippen molar-refractivity contribution in [2.24, 2.45) is 0 Å². The van der Waals surface area contributed by atoms with E-state index in [0.717, 1.165) is 11.1 Å². The summed E-state index contributed by atoms with van der Waals surface area (Å²) in [4.78, 5) is 10.3. The number of nitrogens with zero attached hydrogens (tertiary/aromatic N) is 1. The zero-order valence-corrected chi connectivity index (χ0v) is 10.5. The first-order valence-electron chi connectivity index (χ1n) is 5.76. The van der Waals surface area contributed by atoms with Gasteiger partial charge in [0.05, 0.1) is 18.1 Å². The van der Waals surface area contributed by atoms with Crippen LogP contribution in [0, 0.1) is 10.1 Å². The van der Waals surface area contributed by atoms with Crippen molar-refractivity contribution in [2.75, 3.05) is 12.8 Å². The van der Waals surface area contributed by atoms with E-state index in [0.29, 0.717) is 12.2 Å². The van der Waals surface area contributed by atoms with Gasteiger partial charge in [-0.2, -0.15) is 0 Å². The Hall–Kier alpha value is -2.56. The minimum atomic E-state index is -0.510. The summed E-state index contributed by atoms with van der Waals surface area (Å²) < 4.78 is 5.20. The molecule has 0 unspecified atom stereocenters. The molecule has 0 amide bonds. The van der Waals surface area contributed by atoms with Crippen molar-refractivity contribution in [3.8, 4) is 5.75 Å². The van der Waals surface area contributed by atoms with Gasteiger partial charge in [-0.15, -0.1) is 0 Å². The Labute approximate surface area is 110 Å². The number of hydrogen-bond donors (Lipinski definition) is 1. The highest BCUT2D eigenvalue weighted by Gasteiger charge is 2.16. The maximum Gasteiger partial charge on any atom is 0.295 e. The fourth-order valence-corrected chi connectivity index (χ4v) is 1.94. The number of hydrogen-bond acceptors (Lipinski definition) is 4. The van der Waals surface area contributed by atoms with Crippen molar-refractivity contribution in [3.05, 3.63) is 63.7 Å². The second-order valence-corrected chi connectivity index (χ2v) is 4.14. The van der Waals surface area contributed by atoms with E-state index in [1.165, 1.54) is 13.2 Å². The third kappa shape index (κ3) is 2.82. The highest BCUT2D eigenvalue weighted by atomic mass is 16.6. The van der Waals surface area contributed by atoms with Crippen LogP contribution in [-0.2, 0) is 6.42 Å². The molecule has 0 atom stereocenters. The van der Waals surface area contributed by atoms with E-state index >= 15 is 0 Å². The van der Waals surface area contributed by atoms with E-state index in [-0.39, 0.29) is 11.4 Å². The van der Waals surface area contributed by atoms with Gasteiger partial charge in [0, 0.05) is 12.0 Å². The Kier molecular flexibility index (Phi) is 3.66. The maximum absolute atomic E-state index is 10.8. The van der Waals surface area contributed by atoms with Gasteiger partial charge in [0.15, 0.2) is 0 Å². The minimum absolute atomic E-state index is 0.131. The normalized spacial score (nSPS) is 10.2. The van der Waals surface area contributed by atoms with Crippen LogP contribution >= 0.6 is 0 Å². The Morgan fingerprint density at radius 3 is 2.53 bits per heavy atom. The predicted molar refractivity (Wildman–Crippen MR) is 73.3 cm³/mol. The van der Waals surface area contributed by atoms with Crippen molar-refractivity contribution >= 4 is 11.4 Å². The molecule has 0 saturated carbocycles. The number of nitro benzene ring substituents is 1. The Balaban J connectivity index is 2.40. The monoisotopic (exact) mass is 258 g/mol. The molecule has 0 radical (unpaired) electrons. The minimum Gasteiger partial charge on any atom is -0.496 e. The highest BCUT2D eigenvalue weighted by Crippen LogP contribution is 2.32. The summed E-state index contributed by atoms with van der Waals surface area (Å²) in [5.74, 6) is 0.477. The van der Waals surface area contributed by atoms with Gasteiger partial charge >= 0.3 is 0 Å². The molecule has 2 aromatic rings. The van der Waals surface area contributed by atoms with Crippen LogP contribution in [0.1, 0.15) is 11.1 Å². The van der Waals surface area contributed by atoms with Crippen LogP contribution in [0.4, 0.5) is 11.4 Å². The van der Waals surface area contributed by atoms with E-state index in [2.05, 4.69) is 0 Å². The lowest BCUT2D eigenvalue weighted by Gasteiger charge is -2.10. The molecule has 5 heteroatoms. The average Bonchev–Trinajstić information content (AvgIpc) is 2.39. The van der Waals surface area contributed by atoms with Crippen molar-refractivity contribution < 1.29 is 9.66 Å². The second-order valence-electron chi connectivity index (χ2n) is 4.14. The molecule has 0 fully saturated rings. The summed E-state index contributed by atoms with van der Waals surface area (Å²) in [6.45, 7) is 0. The summed E-state index contributed by atoms with van der Waals surface area (Å²) >= 11 is 0. The van der Waals surface area contributed by atoms with Crippen LogP contribution in [-0.4, -0.2) is 12.0 Å². The number of nitro groups is 1. The van der Waals surface area contributed by atoms with Crippen molar-refractivity contribution in [3.63, 3.8) is 0 Å². The predicted octanol–water partition coefficient (Wildman–Crippen LogP) is 2.78. The lowest BCUT2D eigenvalue weighted by Crippen LogP contribution is -2.00. The molecule has 2 aromatic carbocycles. The van der Waals surface area contributed by atoms with Crippen LogP contribution in [0.5, 0.6) is 5.75 Å². The molecular formula is C14H14N2O3. The van der Waals surface area contributed by atoms with Gasteiger partial charge in [-0.1, -0.05) is 30.3 Å². The van der Waals surface area contributed by atoms with Gasteiger partial charge < -0.3 is 10.5 Å². The van der Waals surface area contributed by atoms with Gasteiger partial charge in [-0.05, 0) is 11.6 Å². The quantitative estimate of drug-likeness (QED) is 0.519. The first-order chi connectivity index (χ1) is 9.11. The molecule has 0 heterocycles. The third-order valence-corrected chi connectivity index (χ3v) is 2.86. The van der Waals surface area contributed by atoms with E-state index in [1.807, 2.05) is 30.3 Å². The zero-order chi connectivity index (χ0) is 13.8. The fourth-order valence-electron chi connectivity index (χ4n) is 1.94. The molecule has 98 valence electrons. The number of nitrogens with two attached hydrogens (primary N) is 1. The van der Waals surface area contributed by atoms with Crippen LogP contribution in [0.15, 0.2) is 42.5 Å². The number of anilines is 1. The average molecular weight is 258 g/mol. The first kappa shape index (κ1) is 12.9. The molecule has 2 N–H and O–H groups in total. The summed E-state index contributed by atoms with van der Waals surface area (Å²) in [6, 6.07) is 12.8. The number of benzene rings is 2. The third-order valence-electron chi connectivity index (χ3n) is 2.86. The van der Waals surface area contributed by atoms with Crippen molar-refractivity contribution in [2.45, 2.75) is 6.42 Å². The smallest absolute Gasteiger partial charge is 0.295 e. The van der Waals surface area contributed by atoms with Gasteiger partial charge in [-0.3, -0.25) is 10.1 Å². The van der Waals surface area contributed by atoms with E-state index < -0.39 is 4.92 Å². The summed E-state index contributed by atoms with van der Waals surface area (Å²) in [6.07, 6.45) is 0.617. The van der Waals surface area contributed by atoms with E-state index in [1.54, 1.807) is 6.07 Å². The Morgan fingerprint density at radius 1 is 1.26 bits per heavy atom. The standard InChI is InChI=1S/C14H14N2O3/c1-19-14-9-13(16(17)18)12(15)8-11(14)7-10-5-3-2-4-6-10/h2-6,8-9H,7,15H2,1H3. The van der Waals surface area contributed by atoms with Crippen LogP contribution in [0.25, 0.3) is 0 Å². The topological polar surface area (TPSA) is 78.4 Å². The second kappa shape index (κ2) is 5.39. The molecule has 0 bridgehead atoms. The number of ether oxygens (including phenoxy) is 1. The fraction of sp³-hybridized carbons (Fsp3) is 0.143. The van der Waals surface area contributed by atoms with Crippen molar-refractivity contribution in [1.82, 2.24) is 0 Å². The number of rotatable bonds is 4. The maximum atomic E-state index is 10.8. The summed E-state index contributed by atoms with van der Waals surface area (Å²) in [7, 11) is 1.49. The van der Waals surface area contributed by atoms with Crippen LogP contribution in [0.2, 0.25) is 0 Å². The molecule has 0 saturated heterocycles. The highest BCUT2D eigenvalue weighted by molar-refractivity contribution is 5.64. The van der Waals surface area contributed by atoms with Gasteiger partial charge in [0.1, 0.15) is 11.4 Å². The van der Waals surface area contributed by atoms with Gasteiger partial charge in [-0.25, -0.2) is 0 Å². The number of nitrogen functional groups attached to an aromatic ring is 1. The molecule has 0 aliphatic rings. The van der Waals surface area contributed by atoms with Crippen LogP contribution < -0.4 is 10.5 Å². The Bertz CT molecular complexity index is 597. The molecule has 0 aliphatic heterocycles. The molecule has 0 aliphatic carbocycles. The van der Waals surface area contributed by atoms with Crippen LogP contribution in [0.3, 0.4) is 0 Å². The summed E-state index contributed by atoms with van der Waals surface area (Å²) in [5.41, 5.74) is 7.64. The van der Waals surface area contributed by atoms with Gasteiger partial charge in [0.2, 0.25) is 0 Å². The largest absolute Gasteiger partial charge is 0.496 e. The zero-order valence-electron chi connectivity index (χ0n) is 10.5. The number of methoxy groups -OCH3 is 1. The molecule has 19 heavy (non-hydrogen) atoms. The summed E-state index contributed by atoms with van der Waals surface area (Å²) in [5, 5.41) is 10.8. The lowest BCUT2D eigenvalue weighted by molar-refractivity contribution is -0.384. The van der Waals surface area contributed by atoms with E-state index in [4.69, 9.17) is 10.5 Å². The van der Waals surface area contributed by atoms with E-state index in [9.17, 15) is 10.1 Å². The first-order valence-corrected chi connectivity index (χ1v) is 5.76. The SMILES string of the molecule is COc1cc([N+](=O)[O-])c(N)cc1Cc1ccccc1.